The van der Waals surface area contributed by atoms with Crippen LogP contribution in [-0.4, -0.2) is 35.7 Å². The molecule has 0 spiro atoms. The molecule has 0 aliphatic heterocycles. The van der Waals surface area contributed by atoms with Crippen molar-refractivity contribution in [1.82, 2.24) is 4.90 Å². The first kappa shape index (κ1) is 10.5. The minimum absolute atomic E-state index is 0.0361. The molecule has 0 saturated carbocycles. The van der Waals surface area contributed by atoms with Gasteiger partial charge in [-0.25, -0.2) is 0 Å². The lowest BCUT2D eigenvalue weighted by molar-refractivity contribution is 0.274. The minimum atomic E-state index is -0.0361. The van der Waals surface area contributed by atoms with Gasteiger partial charge in [0.05, 0.1) is 6.04 Å². The van der Waals surface area contributed by atoms with Crippen LogP contribution in [0.5, 0.6) is 0 Å². The van der Waals surface area contributed by atoms with Crippen LogP contribution < -0.4 is 0 Å². The predicted molar refractivity (Wildman–Crippen MR) is 47.2 cm³/mol. The maximum absolute atomic E-state index is 8.45. The van der Waals surface area contributed by atoms with Gasteiger partial charge in [0.25, 0.3) is 0 Å². The van der Waals surface area contributed by atoms with Crippen LogP contribution in [0, 0.1) is 11.8 Å². The Morgan fingerprint density at radius 2 is 1.91 bits per heavy atom. The van der Waals surface area contributed by atoms with Crippen LogP contribution in [0.2, 0.25) is 0 Å². The van der Waals surface area contributed by atoms with Crippen molar-refractivity contribution >= 4 is 0 Å². The number of aliphatic hydroxyl groups excluding tert-OH is 1. The van der Waals surface area contributed by atoms with E-state index in [9.17, 15) is 0 Å². The Kier molecular flexibility index (Phi) is 5.91. The summed E-state index contributed by atoms with van der Waals surface area (Å²) in [7, 11) is 0. The molecule has 0 heterocycles. The van der Waals surface area contributed by atoms with E-state index in [-0.39, 0.29) is 12.6 Å². The molecular formula is C9H17NO. The molecule has 0 rings (SSSR count). The first-order valence-electron chi connectivity index (χ1n) is 4.09. The zero-order valence-electron chi connectivity index (χ0n) is 7.59. The second-order valence-electron chi connectivity index (χ2n) is 2.38. The van der Waals surface area contributed by atoms with Crippen molar-refractivity contribution in [2.75, 3.05) is 19.7 Å². The molecular weight excluding hydrogens is 138 g/mol. The highest BCUT2D eigenvalue weighted by molar-refractivity contribution is 5.06. The van der Waals surface area contributed by atoms with E-state index in [1.54, 1.807) is 0 Å². The fraction of sp³-hybridized carbons (Fsp3) is 0.778. The van der Waals surface area contributed by atoms with Crippen molar-refractivity contribution in [3.63, 3.8) is 0 Å². The summed E-state index contributed by atoms with van der Waals surface area (Å²) in [6.45, 7) is 8.26. The third-order valence-electron chi connectivity index (χ3n) is 1.75. The second kappa shape index (κ2) is 6.21. The molecule has 0 radical (unpaired) electrons. The van der Waals surface area contributed by atoms with Gasteiger partial charge < -0.3 is 5.11 Å². The number of hydrogen-bond acceptors (Lipinski definition) is 2. The Hall–Kier alpha value is -0.520. The van der Waals surface area contributed by atoms with Crippen LogP contribution in [0.25, 0.3) is 0 Å². The largest absolute Gasteiger partial charge is 0.384 e. The number of aliphatic hydroxyl groups is 1. The van der Waals surface area contributed by atoms with E-state index in [1.165, 1.54) is 0 Å². The summed E-state index contributed by atoms with van der Waals surface area (Å²) in [5, 5.41) is 8.45. The SMILES string of the molecule is CCN(CC)C(C)C#CCO. The zero-order chi connectivity index (χ0) is 8.69. The van der Waals surface area contributed by atoms with Crippen LogP contribution in [-0.2, 0) is 0 Å². The van der Waals surface area contributed by atoms with Gasteiger partial charge in [-0.05, 0) is 20.0 Å². The van der Waals surface area contributed by atoms with Crippen molar-refractivity contribution in [3.05, 3.63) is 0 Å². The summed E-state index contributed by atoms with van der Waals surface area (Å²) in [4.78, 5) is 2.24. The van der Waals surface area contributed by atoms with Gasteiger partial charge in [-0.2, -0.15) is 0 Å². The average molecular weight is 155 g/mol. The molecule has 0 aromatic carbocycles. The number of rotatable bonds is 3. The molecule has 0 fully saturated rings. The Bertz CT molecular complexity index is 141. The van der Waals surface area contributed by atoms with E-state index >= 15 is 0 Å². The van der Waals surface area contributed by atoms with Crippen LogP contribution in [0.4, 0.5) is 0 Å². The lowest BCUT2D eigenvalue weighted by Gasteiger charge is -2.21. The molecule has 0 aromatic rings. The van der Waals surface area contributed by atoms with Crippen molar-refractivity contribution in [1.29, 1.82) is 0 Å². The molecule has 0 aliphatic carbocycles. The summed E-state index contributed by atoms with van der Waals surface area (Å²) in [6, 6.07) is 0.261. The zero-order valence-corrected chi connectivity index (χ0v) is 7.59. The number of hydrogen-bond donors (Lipinski definition) is 1. The molecule has 0 aliphatic rings. The quantitative estimate of drug-likeness (QED) is 0.607. The normalized spacial score (nSPS) is 12.5. The van der Waals surface area contributed by atoms with Gasteiger partial charge in [0.1, 0.15) is 6.61 Å². The van der Waals surface area contributed by atoms with Crippen LogP contribution in [0.3, 0.4) is 0 Å². The lowest BCUT2D eigenvalue weighted by Crippen LogP contribution is -2.31. The van der Waals surface area contributed by atoms with Gasteiger partial charge in [0.2, 0.25) is 0 Å². The first-order valence-corrected chi connectivity index (χ1v) is 4.09. The van der Waals surface area contributed by atoms with Gasteiger partial charge in [0.15, 0.2) is 0 Å². The van der Waals surface area contributed by atoms with Gasteiger partial charge in [-0.3, -0.25) is 4.90 Å². The molecule has 0 bridgehead atoms. The molecule has 2 nitrogen and oxygen atoms in total. The summed E-state index contributed by atoms with van der Waals surface area (Å²) < 4.78 is 0. The summed E-state index contributed by atoms with van der Waals surface area (Å²) >= 11 is 0. The summed E-state index contributed by atoms with van der Waals surface area (Å²) in [6.07, 6.45) is 0. The predicted octanol–water partition coefficient (Wildman–Crippen LogP) is 0.712. The highest BCUT2D eigenvalue weighted by Gasteiger charge is 2.04. The lowest BCUT2D eigenvalue weighted by atomic mass is 10.3. The summed E-state index contributed by atoms with van der Waals surface area (Å²) in [5.74, 6) is 5.62. The van der Waals surface area contributed by atoms with Gasteiger partial charge >= 0.3 is 0 Å². The Labute approximate surface area is 69.2 Å². The molecule has 0 amide bonds. The maximum Gasteiger partial charge on any atom is 0.104 e. The van der Waals surface area contributed by atoms with E-state index in [1.807, 2.05) is 0 Å². The molecule has 0 saturated heterocycles. The second-order valence-corrected chi connectivity index (χ2v) is 2.38. The molecule has 64 valence electrons. The van der Waals surface area contributed by atoms with E-state index in [0.717, 1.165) is 13.1 Å². The van der Waals surface area contributed by atoms with Crippen molar-refractivity contribution < 1.29 is 5.11 Å². The van der Waals surface area contributed by atoms with E-state index in [4.69, 9.17) is 5.11 Å². The maximum atomic E-state index is 8.45. The standard InChI is InChI=1S/C9H17NO/c1-4-10(5-2)9(3)7-6-8-11/h9,11H,4-5,8H2,1-3H3. The van der Waals surface area contributed by atoms with Crippen LogP contribution in [0.15, 0.2) is 0 Å². The van der Waals surface area contributed by atoms with Gasteiger partial charge in [0, 0.05) is 0 Å². The molecule has 0 aromatic heterocycles. The average Bonchev–Trinajstić information content (AvgIpc) is 2.03. The number of nitrogens with zero attached hydrogens (tertiary/aromatic N) is 1. The first-order chi connectivity index (χ1) is 5.26. The Morgan fingerprint density at radius 3 is 2.27 bits per heavy atom. The van der Waals surface area contributed by atoms with Gasteiger partial charge in [-0.1, -0.05) is 25.7 Å². The third kappa shape index (κ3) is 4.02. The molecule has 1 atom stereocenters. The van der Waals surface area contributed by atoms with E-state index in [2.05, 4.69) is 37.5 Å². The monoisotopic (exact) mass is 155 g/mol. The van der Waals surface area contributed by atoms with Crippen LogP contribution in [0.1, 0.15) is 20.8 Å². The van der Waals surface area contributed by atoms with Gasteiger partial charge in [-0.15, -0.1) is 0 Å². The fourth-order valence-corrected chi connectivity index (χ4v) is 1.06. The molecule has 1 N–H and O–H groups in total. The van der Waals surface area contributed by atoms with E-state index < -0.39 is 0 Å². The molecule has 11 heavy (non-hydrogen) atoms. The van der Waals surface area contributed by atoms with Crippen LogP contribution >= 0.6 is 0 Å². The topological polar surface area (TPSA) is 23.5 Å². The summed E-state index contributed by atoms with van der Waals surface area (Å²) in [5.41, 5.74) is 0. The Balaban J connectivity index is 3.87. The Morgan fingerprint density at radius 1 is 1.36 bits per heavy atom. The van der Waals surface area contributed by atoms with Crippen molar-refractivity contribution in [3.8, 4) is 11.8 Å². The highest BCUT2D eigenvalue weighted by Crippen LogP contribution is 1.95. The highest BCUT2D eigenvalue weighted by atomic mass is 16.2. The van der Waals surface area contributed by atoms with E-state index in [0.29, 0.717) is 0 Å². The molecule has 2 heteroatoms. The van der Waals surface area contributed by atoms with Crippen molar-refractivity contribution in [2.24, 2.45) is 0 Å². The minimum Gasteiger partial charge on any atom is -0.384 e. The van der Waals surface area contributed by atoms with Crippen molar-refractivity contribution in [2.45, 2.75) is 26.8 Å². The molecule has 1 unspecified atom stereocenters. The fourth-order valence-electron chi connectivity index (χ4n) is 1.06. The third-order valence-corrected chi connectivity index (χ3v) is 1.75. The smallest absolute Gasteiger partial charge is 0.104 e.